The number of nitrogens with zero attached hydrogens (tertiary/aromatic N) is 2. The fourth-order valence-electron chi connectivity index (χ4n) is 5.03. The molecule has 1 aliphatic carbocycles. The normalized spacial score (nSPS) is 17.2. The highest BCUT2D eigenvalue weighted by molar-refractivity contribution is 14.1. The molecule has 1 N–H and O–H groups in total. The standard InChI is InChI=1S/C22H26F3NO6.C12H9F3INO/c1-13-18(26-20(32-13)14-6-8-15(9-7-14)22(23,24)25)11-30-16-4-3-5-17(10-16)31-12-19(29-2)21(27)28;1-7-10(6-16)17-11(18-7)8-2-4-9(5-3-8)12(13,14)15/h6-9,16-17,19H,3-5,10-12H2,1-2H3,(H,27,28);2-5H,6H2,1H3/t16-,17+,19?;/m0./s1. The fourth-order valence-corrected chi connectivity index (χ4v) is 5.74. The van der Waals surface area contributed by atoms with E-state index in [4.69, 9.17) is 28.2 Å². The molecule has 2 heterocycles. The number of carboxylic acid groups (broad SMARTS) is 1. The molecule has 50 heavy (non-hydrogen) atoms. The molecule has 1 fully saturated rings. The summed E-state index contributed by atoms with van der Waals surface area (Å²) in [5.41, 5.74) is 0.969. The van der Waals surface area contributed by atoms with Gasteiger partial charge in [0.05, 0.1) is 42.2 Å². The van der Waals surface area contributed by atoms with Crippen molar-refractivity contribution in [1.29, 1.82) is 0 Å². The monoisotopic (exact) mass is 824 g/mol. The average molecular weight is 825 g/mol. The van der Waals surface area contributed by atoms with Crippen LogP contribution in [0, 0.1) is 13.8 Å². The Morgan fingerprint density at radius 3 is 1.72 bits per heavy atom. The third-order valence-electron chi connectivity index (χ3n) is 7.91. The van der Waals surface area contributed by atoms with Crippen LogP contribution in [0.1, 0.15) is 59.7 Å². The number of halogens is 7. The van der Waals surface area contributed by atoms with Crippen molar-refractivity contribution in [3.63, 3.8) is 0 Å². The maximum atomic E-state index is 12.7. The van der Waals surface area contributed by atoms with Gasteiger partial charge in [-0.1, -0.05) is 22.6 Å². The summed E-state index contributed by atoms with van der Waals surface area (Å²) in [5.74, 6) is 0.750. The molecule has 0 amide bonds. The van der Waals surface area contributed by atoms with Gasteiger partial charge in [0, 0.05) is 22.7 Å². The van der Waals surface area contributed by atoms with E-state index in [1.807, 2.05) is 0 Å². The number of aliphatic carboxylic acids is 1. The Labute approximate surface area is 297 Å². The summed E-state index contributed by atoms with van der Waals surface area (Å²) in [4.78, 5) is 19.6. The summed E-state index contributed by atoms with van der Waals surface area (Å²) in [7, 11) is 1.33. The Bertz CT molecular complexity index is 1690. The first-order valence-electron chi connectivity index (χ1n) is 15.4. The van der Waals surface area contributed by atoms with Crippen LogP contribution in [0.4, 0.5) is 26.3 Å². The predicted molar refractivity (Wildman–Crippen MR) is 176 cm³/mol. The number of methoxy groups -OCH3 is 1. The maximum absolute atomic E-state index is 12.7. The molecule has 0 spiro atoms. The van der Waals surface area contributed by atoms with Gasteiger partial charge in [-0.15, -0.1) is 0 Å². The van der Waals surface area contributed by atoms with Crippen molar-refractivity contribution in [2.24, 2.45) is 0 Å². The first kappa shape index (κ1) is 39.3. The molecule has 16 heteroatoms. The van der Waals surface area contributed by atoms with Crippen molar-refractivity contribution in [1.82, 2.24) is 9.97 Å². The number of hydrogen-bond donors (Lipinski definition) is 1. The SMILES string of the molecule is COC(CO[C@@H]1CCC[C@H](OCc2nc(-c3ccc(C(F)(F)F)cc3)oc2C)C1)C(=O)O.Cc1oc(-c2ccc(C(F)(F)F)cc2)nc1CI. The van der Waals surface area contributed by atoms with Crippen LogP contribution < -0.4 is 0 Å². The zero-order chi connectivity index (χ0) is 36.6. The molecule has 3 atom stereocenters. The zero-order valence-corrected chi connectivity index (χ0v) is 29.4. The zero-order valence-electron chi connectivity index (χ0n) is 27.2. The lowest BCUT2D eigenvalue weighted by Gasteiger charge is -2.29. The molecule has 1 saturated carbocycles. The van der Waals surface area contributed by atoms with E-state index in [2.05, 4.69) is 32.6 Å². The highest BCUT2D eigenvalue weighted by atomic mass is 127. The molecule has 0 radical (unpaired) electrons. The largest absolute Gasteiger partial charge is 0.479 e. The lowest BCUT2D eigenvalue weighted by molar-refractivity contribution is -0.155. The number of ether oxygens (including phenoxy) is 3. The molecule has 0 bridgehead atoms. The number of aromatic nitrogens is 2. The lowest BCUT2D eigenvalue weighted by atomic mass is 9.95. The Hall–Kier alpha value is -3.48. The number of hydrogen-bond acceptors (Lipinski definition) is 8. The topological polar surface area (TPSA) is 117 Å². The van der Waals surface area contributed by atoms with Crippen molar-refractivity contribution in [3.8, 4) is 22.9 Å². The molecule has 2 aromatic carbocycles. The first-order valence-corrected chi connectivity index (χ1v) is 16.9. The molecule has 0 saturated heterocycles. The molecular formula is C34H35F6IN2O7. The van der Waals surface area contributed by atoms with Gasteiger partial charge in [-0.05, 0) is 88.1 Å². The number of carboxylic acids is 1. The van der Waals surface area contributed by atoms with Crippen LogP contribution in [0.3, 0.4) is 0 Å². The van der Waals surface area contributed by atoms with E-state index in [1.54, 1.807) is 13.8 Å². The number of alkyl halides is 7. The first-order chi connectivity index (χ1) is 23.6. The van der Waals surface area contributed by atoms with Crippen molar-refractivity contribution >= 4 is 28.6 Å². The molecule has 9 nitrogen and oxygen atoms in total. The van der Waals surface area contributed by atoms with Gasteiger partial charge in [0.15, 0.2) is 6.10 Å². The number of carbonyl (C=O) groups is 1. The van der Waals surface area contributed by atoms with Gasteiger partial charge in [0.25, 0.3) is 0 Å². The van der Waals surface area contributed by atoms with Crippen molar-refractivity contribution in [3.05, 3.63) is 82.6 Å². The quantitative estimate of drug-likeness (QED) is 0.0898. The Balaban J connectivity index is 0.000000263. The van der Waals surface area contributed by atoms with E-state index < -0.39 is 35.6 Å². The van der Waals surface area contributed by atoms with E-state index in [0.29, 0.717) is 45.1 Å². The van der Waals surface area contributed by atoms with Crippen LogP contribution >= 0.6 is 22.6 Å². The summed E-state index contributed by atoms with van der Waals surface area (Å²) >= 11 is 2.16. The average Bonchev–Trinajstić information content (AvgIpc) is 3.65. The summed E-state index contributed by atoms with van der Waals surface area (Å²) < 4.78 is 104. The summed E-state index contributed by atoms with van der Waals surface area (Å²) in [6.45, 7) is 3.68. The van der Waals surface area contributed by atoms with Gasteiger partial charge in [-0.2, -0.15) is 26.3 Å². The summed E-state index contributed by atoms with van der Waals surface area (Å²) in [6.07, 6.45) is -6.75. The van der Waals surface area contributed by atoms with E-state index >= 15 is 0 Å². The molecule has 0 aliphatic heterocycles. The van der Waals surface area contributed by atoms with Crippen LogP contribution in [0.25, 0.3) is 22.9 Å². The molecule has 1 aliphatic rings. The third kappa shape index (κ3) is 10.8. The number of benzene rings is 2. The second-order valence-corrected chi connectivity index (χ2v) is 12.2. The van der Waals surface area contributed by atoms with Crippen LogP contribution in [-0.2, 0) is 42.4 Å². The van der Waals surface area contributed by atoms with E-state index in [9.17, 15) is 31.1 Å². The minimum absolute atomic E-state index is 0.0257. The van der Waals surface area contributed by atoms with E-state index in [0.717, 1.165) is 49.2 Å². The minimum Gasteiger partial charge on any atom is -0.479 e. The van der Waals surface area contributed by atoms with Gasteiger partial charge >= 0.3 is 18.3 Å². The Morgan fingerprint density at radius 2 is 1.30 bits per heavy atom. The molecule has 272 valence electrons. The minimum atomic E-state index is -4.40. The molecule has 1 unspecified atom stereocenters. The van der Waals surface area contributed by atoms with Crippen molar-refractivity contribution in [2.45, 2.75) is 81.2 Å². The molecule has 4 aromatic rings. The van der Waals surface area contributed by atoms with Gasteiger partial charge in [-0.25, -0.2) is 14.8 Å². The molecule has 2 aromatic heterocycles. The van der Waals surface area contributed by atoms with Crippen LogP contribution in [0.15, 0.2) is 57.4 Å². The van der Waals surface area contributed by atoms with Gasteiger partial charge in [-0.3, -0.25) is 0 Å². The van der Waals surface area contributed by atoms with E-state index in [-0.39, 0.29) is 31.3 Å². The second kappa shape index (κ2) is 17.2. The van der Waals surface area contributed by atoms with Crippen molar-refractivity contribution in [2.75, 3.05) is 13.7 Å². The Morgan fingerprint density at radius 1 is 0.840 bits per heavy atom. The molecular weight excluding hydrogens is 789 g/mol. The highest BCUT2D eigenvalue weighted by Crippen LogP contribution is 2.33. The maximum Gasteiger partial charge on any atom is 0.416 e. The summed E-state index contributed by atoms with van der Waals surface area (Å²) in [6, 6.07) is 9.42. The third-order valence-corrected chi connectivity index (χ3v) is 8.63. The lowest BCUT2D eigenvalue weighted by Crippen LogP contribution is -2.34. The van der Waals surface area contributed by atoms with Crippen LogP contribution in [0.5, 0.6) is 0 Å². The number of rotatable bonds is 11. The smallest absolute Gasteiger partial charge is 0.416 e. The van der Waals surface area contributed by atoms with Gasteiger partial charge in [0.1, 0.15) is 17.2 Å². The number of aryl methyl sites for hydroxylation is 2. The summed E-state index contributed by atoms with van der Waals surface area (Å²) in [5, 5.41) is 9.03. The predicted octanol–water partition coefficient (Wildman–Crippen LogP) is 9.22. The number of oxazole rings is 2. The Kier molecular flexibility index (Phi) is 13.5. The highest BCUT2D eigenvalue weighted by Gasteiger charge is 2.31. The van der Waals surface area contributed by atoms with Crippen molar-refractivity contribution < 1.29 is 59.3 Å². The fraction of sp³-hybridized carbons (Fsp3) is 0.441. The van der Waals surface area contributed by atoms with E-state index in [1.165, 1.54) is 31.4 Å². The van der Waals surface area contributed by atoms with Crippen LogP contribution in [-0.4, -0.2) is 53.1 Å². The second-order valence-electron chi connectivity index (χ2n) is 11.4. The molecule has 5 rings (SSSR count). The van der Waals surface area contributed by atoms with Gasteiger partial charge in [0.2, 0.25) is 11.8 Å². The van der Waals surface area contributed by atoms with Gasteiger partial charge < -0.3 is 28.2 Å². The van der Waals surface area contributed by atoms with Crippen LogP contribution in [0.2, 0.25) is 0 Å².